The number of carbonyl (C=O) groups excluding carboxylic acids is 1. The number of ether oxygens (including phenoxy) is 5. The zero-order valence-corrected chi connectivity index (χ0v) is 15.8. The number of benzene rings is 1. The van der Waals surface area contributed by atoms with Gasteiger partial charge in [-0.3, -0.25) is 0 Å². The van der Waals surface area contributed by atoms with E-state index in [0.29, 0.717) is 38.8 Å². The quantitative estimate of drug-likeness (QED) is 0.730. The summed E-state index contributed by atoms with van der Waals surface area (Å²) >= 11 is 0. The fraction of sp³-hybridized carbons (Fsp3) is 0.619. The largest absolute Gasteiger partial charge is 0.497 e. The molecule has 2 unspecified atom stereocenters. The van der Waals surface area contributed by atoms with E-state index in [9.17, 15) is 10.1 Å². The molecular weight excluding hydrogens is 362 g/mol. The van der Waals surface area contributed by atoms with Crippen LogP contribution in [0.1, 0.15) is 24.0 Å². The Bertz CT molecular complexity index is 829. The maximum atomic E-state index is 10.9. The van der Waals surface area contributed by atoms with Crippen LogP contribution >= 0.6 is 0 Å². The van der Waals surface area contributed by atoms with E-state index in [1.165, 1.54) is 0 Å². The number of aldehydes is 1. The number of hydrogen-bond acceptors (Lipinski definition) is 7. The van der Waals surface area contributed by atoms with E-state index in [4.69, 9.17) is 23.7 Å². The van der Waals surface area contributed by atoms with E-state index in [2.05, 4.69) is 6.07 Å². The van der Waals surface area contributed by atoms with Crippen molar-refractivity contribution in [3.05, 3.63) is 29.3 Å². The van der Waals surface area contributed by atoms with Crippen molar-refractivity contribution < 1.29 is 28.5 Å². The molecule has 1 saturated carbocycles. The van der Waals surface area contributed by atoms with Gasteiger partial charge in [-0.05, 0) is 36.1 Å². The third-order valence-corrected chi connectivity index (χ3v) is 6.85. The lowest BCUT2D eigenvalue weighted by Gasteiger charge is -2.52. The van der Waals surface area contributed by atoms with Gasteiger partial charge >= 0.3 is 0 Å². The highest BCUT2D eigenvalue weighted by Crippen LogP contribution is 2.62. The van der Waals surface area contributed by atoms with Crippen LogP contribution in [0.3, 0.4) is 0 Å². The SMILES string of the molecule is COc1ccc2c(c1)C[C@H]1OC(OCC=O)C3[C@H]1[C@@]2(C#N)CCC31OCCO1. The molecule has 1 spiro atoms. The second kappa shape index (κ2) is 6.53. The summed E-state index contributed by atoms with van der Waals surface area (Å²) in [5.74, 6) is -0.425. The fourth-order valence-electron chi connectivity index (χ4n) is 5.83. The van der Waals surface area contributed by atoms with Crippen molar-refractivity contribution in [1.29, 1.82) is 5.26 Å². The van der Waals surface area contributed by atoms with Crippen LogP contribution in [0.15, 0.2) is 18.2 Å². The maximum Gasteiger partial charge on any atom is 0.176 e. The predicted octanol–water partition coefficient (Wildman–Crippen LogP) is 1.72. The minimum Gasteiger partial charge on any atom is -0.497 e. The first-order valence-corrected chi connectivity index (χ1v) is 9.75. The normalized spacial score (nSPS) is 37.1. The first-order valence-electron chi connectivity index (χ1n) is 9.75. The number of fused-ring (bicyclic) bond motifs is 3. The molecule has 28 heavy (non-hydrogen) atoms. The van der Waals surface area contributed by atoms with Gasteiger partial charge in [0.15, 0.2) is 12.1 Å². The molecule has 0 aromatic heterocycles. The van der Waals surface area contributed by atoms with Crippen molar-refractivity contribution >= 4 is 6.29 Å². The number of rotatable bonds is 4. The Kier molecular flexibility index (Phi) is 4.21. The van der Waals surface area contributed by atoms with Crippen LogP contribution in [0.4, 0.5) is 0 Å². The summed E-state index contributed by atoms with van der Waals surface area (Å²) in [5, 5.41) is 10.4. The minimum absolute atomic E-state index is 0.0585. The number of carbonyl (C=O) groups is 1. The summed E-state index contributed by atoms with van der Waals surface area (Å²) in [4.78, 5) is 10.9. The average Bonchev–Trinajstić information content (AvgIpc) is 3.34. The molecule has 2 aliphatic heterocycles. The lowest BCUT2D eigenvalue weighted by Crippen LogP contribution is -2.59. The van der Waals surface area contributed by atoms with Gasteiger partial charge in [0.05, 0.1) is 43.8 Å². The van der Waals surface area contributed by atoms with Gasteiger partial charge in [-0.15, -0.1) is 0 Å². The van der Waals surface area contributed by atoms with Gasteiger partial charge in [0, 0.05) is 12.3 Å². The zero-order valence-electron chi connectivity index (χ0n) is 15.8. The Morgan fingerprint density at radius 1 is 1.29 bits per heavy atom. The lowest BCUT2D eigenvalue weighted by molar-refractivity contribution is -0.265. The minimum atomic E-state index is -0.808. The molecule has 5 atom stereocenters. The second-order valence-electron chi connectivity index (χ2n) is 7.91. The molecule has 2 heterocycles. The molecule has 2 aliphatic carbocycles. The van der Waals surface area contributed by atoms with Crippen LogP contribution in [-0.4, -0.2) is 51.4 Å². The zero-order chi connectivity index (χ0) is 19.4. The van der Waals surface area contributed by atoms with E-state index in [1.54, 1.807) is 7.11 Å². The molecule has 0 amide bonds. The van der Waals surface area contributed by atoms with Gasteiger partial charge in [0.1, 0.15) is 18.6 Å². The van der Waals surface area contributed by atoms with Gasteiger partial charge in [0.2, 0.25) is 0 Å². The number of hydrogen-bond donors (Lipinski definition) is 0. The van der Waals surface area contributed by atoms with Crippen LogP contribution in [0.5, 0.6) is 5.75 Å². The molecule has 4 aliphatic rings. The monoisotopic (exact) mass is 385 g/mol. The average molecular weight is 385 g/mol. The first kappa shape index (κ1) is 18.1. The number of nitrogens with zero attached hydrogens (tertiary/aromatic N) is 1. The summed E-state index contributed by atoms with van der Waals surface area (Å²) in [5.41, 5.74) is 1.41. The van der Waals surface area contributed by atoms with E-state index in [0.717, 1.165) is 16.9 Å². The highest BCUT2D eigenvalue weighted by atomic mass is 16.8. The molecule has 7 heteroatoms. The summed E-state index contributed by atoms with van der Waals surface area (Å²) < 4.78 is 29.6. The molecule has 1 aromatic rings. The Labute approximate surface area is 163 Å². The molecule has 7 nitrogen and oxygen atoms in total. The maximum absolute atomic E-state index is 10.9. The highest BCUT2D eigenvalue weighted by Gasteiger charge is 2.69. The van der Waals surface area contributed by atoms with Gasteiger partial charge in [0.25, 0.3) is 0 Å². The number of nitriles is 1. The van der Waals surface area contributed by atoms with Crippen LogP contribution in [0.2, 0.25) is 0 Å². The molecule has 1 aromatic carbocycles. The van der Waals surface area contributed by atoms with Crippen LogP contribution < -0.4 is 4.74 Å². The third kappa shape index (κ3) is 2.32. The predicted molar refractivity (Wildman–Crippen MR) is 95.5 cm³/mol. The molecule has 0 radical (unpaired) electrons. The molecule has 2 saturated heterocycles. The summed E-state index contributed by atoms with van der Waals surface area (Å²) in [6.07, 6.45) is 1.75. The van der Waals surface area contributed by atoms with Crippen molar-refractivity contribution in [2.24, 2.45) is 11.8 Å². The van der Waals surface area contributed by atoms with Crippen LogP contribution in [0, 0.1) is 23.2 Å². The van der Waals surface area contributed by atoms with Crippen molar-refractivity contribution in [3.63, 3.8) is 0 Å². The molecule has 0 bridgehead atoms. The van der Waals surface area contributed by atoms with Crippen LogP contribution in [0.25, 0.3) is 0 Å². The van der Waals surface area contributed by atoms with Crippen molar-refractivity contribution in [3.8, 4) is 11.8 Å². The Morgan fingerprint density at radius 3 is 2.82 bits per heavy atom. The molecule has 148 valence electrons. The van der Waals surface area contributed by atoms with E-state index < -0.39 is 17.5 Å². The van der Waals surface area contributed by atoms with Crippen molar-refractivity contribution in [1.82, 2.24) is 0 Å². The first-order chi connectivity index (χ1) is 13.7. The van der Waals surface area contributed by atoms with Gasteiger partial charge in [-0.2, -0.15) is 5.26 Å². The van der Waals surface area contributed by atoms with Crippen LogP contribution in [-0.2, 0) is 35.6 Å². The summed E-state index contributed by atoms with van der Waals surface area (Å²) in [6, 6.07) is 8.56. The molecule has 0 N–H and O–H groups in total. The Hall–Kier alpha value is -1.98. The highest BCUT2D eigenvalue weighted by molar-refractivity contribution is 5.51. The Balaban J connectivity index is 1.63. The fourth-order valence-corrected chi connectivity index (χ4v) is 5.83. The molecular formula is C21H23NO6. The summed E-state index contributed by atoms with van der Waals surface area (Å²) in [7, 11) is 1.64. The molecule has 3 fully saturated rings. The topological polar surface area (TPSA) is 87.0 Å². The lowest BCUT2D eigenvalue weighted by atomic mass is 9.53. The van der Waals surface area contributed by atoms with Crippen molar-refractivity contribution in [2.45, 2.75) is 42.9 Å². The molecule has 5 rings (SSSR count). The number of methoxy groups -OCH3 is 1. The standard InChI is InChI=1S/C21H23NO6/c1-24-14-2-3-15-13(10-14)11-16-17-18(19(28-16)25-7-6-23)21(26-8-9-27-21)5-4-20(15,17)12-22/h2-3,6,10,16-19H,4-5,7-9,11H2,1H3/t16-,17+,18?,19?,20-/m1/s1. The van der Waals surface area contributed by atoms with Crippen molar-refractivity contribution in [2.75, 3.05) is 26.9 Å². The third-order valence-electron chi connectivity index (χ3n) is 6.85. The van der Waals surface area contributed by atoms with E-state index in [-0.39, 0.29) is 24.5 Å². The second-order valence-corrected chi connectivity index (χ2v) is 7.91. The van der Waals surface area contributed by atoms with Gasteiger partial charge in [-0.1, -0.05) is 6.07 Å². The Morgan fingerprint density at radius 2 is 2.11 bits per heavy atom. The smallest absolute Gasteiger partial charge is 0.176 e. The van der Waals surface area contributed by atoms with Gasteiger partial charge in [-0.25, -0.2) is 0 Å². The van der Waals surface area contributed by atoms with E-state index in [1.807, 2.05) is 18.2 Å². The van der Waals surface area contributed by atoms with E-state index >= 15 is 0 Å². The summed E-state index contributed by atoms with van der Waals surface area (Å²) in [6.45, 7) is 0.972. The van der Waals surface area contributed by atoms with Gasteiger partial charge < -0.3 is 28.5 Å².